The van der Waals surface area contributed by atoms with E-state index >= 15 is 0 Å². The molecule has 5 heteroatoms. The van der Waals surface area contributed by atoms with Crippen molar-refractivity contribution in [2.75, 3.05) is 18.9 Å². The van der Waals surface area contributed by atoms with E-state index in [0.717, 1.165) is 19.3 Å². The molecule has 0 amide bonds. The summed E-state index contributed by atoms with van der Waals surface area (Å²) in [7, 11) is -3.15. The van der Waals surface area contributed by atoms with Crippen LogP contribution in [0.5, 0.6) is 0 Å². The zero-order chi connectivity index (χ0) is 10.2. The van der Waals surface area contributed by atoms with Gasteiger partial charge in [-0.05, 0) is 19.3 Å². The molecule has 0 aliphatic carbocycles. The molecular weight excluding hydrogens is 190 g/mol. The van der Waals surface area contributed by atoms with Crippen molar-refractivity contribution in [3.05, 3.63) is 12.7 Å². The molecule has 0 rings (SSSR count). The van der Waals surface area contributed by atoms with Gasteiger partial charge in [-0.1, -0.05) is 6.08 Å². The SMILES string of the molecule is C=CCS(=O)(=O)NCCCCCO. The lowest BCUT2D eigenvalue weighted by atomic mass is 10.2. The van der Waals surface area contributed by atoms with E-state index in [1.807, 2.05) is 0 Å². The third-order valence-electron chi connectivity index (χ3n) is 1.49. The fourth-order valence-electron chi connectivity index (χ4n) is 0.855. The average Bonchev–Trinajstić information content (AvgIpc) is 2.04. The molecule has 0 aliphatic heterocycles. The number of unbranched alkanes of at least 4 members (excludes halogenated alkanes) is 2. The molecule has 0 aromatic rings. The van der Waals surface area contributed by atoms with Crippen LogP contribution in [0.2, 0.25) is 0 Å². The molecule has 78 valence electrons. The summed E-state index contributed by atoms with van der Waals surface area (Å²) in [6.45, 7) is 3.96. The molecule has 0 bridgehead atoms. The number of rotatable bonds is 8. The fraction of sp³-hybridized carbons (Fsp3) is 0.750. The number of hydrogen-bond acceptors (Lipinski definition) is 3. The molecule has 0 spiro atoms. The van der Waals surface area contributed by atoms with Crippen molar-refractivity contribution in [3.8, 4) is 0 Å². The van der Waals surface area contributed by atoms with E-state index in [0.29, 0.717) is 6.54 Å². The molecule has 0 fully saturated rings. The Morgan fingerprint density at radius 3 is 2.54 bits per heavy atom. The van der Waals surface area contributed by atoms with E-state index in [1.54, 1.807) is 0 Å². The summed E-state index contributed by atoms with van der Waals surface area (Å²) in [6, 6.07) is 0. The second-order valence-corrected chi connectivity index (χ2v) is 4.60. The summed E-state index contributed by atoms with van der Waals surface area (Å²) in [6.07, 6.45) is 3.68. The molecule has 0 saturated heterocycles. The highest BCUT2D eigenvalue weighted by Crippen LogP contribution is 1.93. The Balaban J connectivity index is 3.46. The third kappa shape index (κ3) is 7.95. The summed E-state index contributed by atoms with van der Waals surface area (Å²) in [4.78, 5) is 0. The maximum Gasteiger partial charge on any atom is 0.215 e. The van der Waals surface area contributed by atoms with E-state index in [1.165, 1.54) is 6.08 Å². The quantitative estimate of drug-likeness (QED) is 0.443. The van der Waals surface area contributed by atoms with Crippen molar-refractivity contribution < 1.29 is 13.5 Å². The second-order valence-electron chi connectivity index (χ2n) is 2.75. The lowest BCUT2D eigenvalue weighted by molar-refractivity contribution is 0.283. The first-order chi connectivity index (χ1) is 6.12. The van der Waals surface area contributed by atoms with Crippen LogP contribution < -0.4 is 4.72 Å². The Hall–Kier alpha value is -0.390. The summed E-state index contributed by atoms with van der Waals surface area (Å²) in [5.41, 5.74) is 0. The molecular formula is C8H17NO3S. The molecule has 0 saturated carbocycles. The zero-order valence-electron chi connectivity index (χ0n) is 7.70. The first kappa shape index (κ1) is 12.6. The maximum atomic E-state index is 11.0. The minimum Gasteiger partial charge on any atom is -0.396 e. The molecule has 0 unspecified atom stereocenters. The lowest BCUT2D eigenvalue weighted by Crippen LogP contribution is -2.26. The number of hydrogen-bond donors (Lipinski definition) is 2. The molecule has 0 aliphatic rings. The van der Waals surface area contributed by atoms with E-state index in [4.69, 9.17) is 5.11 Å². The van der Waals surface area contributed by atoms with E-state index in [-0.39, 0.29) is 12.4 Å². The molecule has 0 radical (unpaired) electrons. The van der Waals surface area contributed by atoms with Gasteiger partial charge in [-0.25, -0.2) is 13.1 Å². The summed E-state index contributed by atoms with van der Waals surface area (Å²) in [5.74, 6) is -0.0347. The monoisotopic (exact) mass is 207 g/mol. The smallest absolute Gasteiger partial charge is 0.215 e. The standard InChI is InChI=1S/C8H17NO3S/c1-2-8-13(11,12)9-6-4-3-5-7-10/h2,9-10H,1,3-8H2. The van der Waals surface area contributed by atoms with Gasteiger partial charge in [0.1, 0.15) is 0 Å². The Labute approximate surface area is 79.7 Å². The van der Waals surface area contributed by atoms with Crippen LogP contribution in [0.4, 0.5) is 0 Å². The van der Waals surface area contributed by atoms with Crippen molar-refractivity contribution in [3.63, 3.8) is 0 Å². The van der Waals surface area contributed by atoms with Crippen LogP contribution in [0.1, 0.15) is 19.3 Å². The molecule has 0 heterocycles. The van der Waals surface area contributed by atoms with Crippen LogP contribution in [-0.4, -0.2) is 32.4 Å². The summed E-state index contributed by atoms with van der Waals surface area (Å²) in [5, 5.41) is 8.46. The van der Waals surface area contributed by atoms with Gasteiger partial charge in [0.05, 0.1) is 5.75 Å². The summed E-state index contributed by atoms with van der Waals surface area (Å²) >= 11 is 0. The Morgan fingerprint density at radius 2 is 2.00 bits per heavy atom. The normalized spacial score (nSPS) is 11.5. The zero-order valence-corrected chi connectivity index (χ0v) is 8.52. The van der Waals surface area contributed by atoms with Crippen LogP contribution >= 0.6 is 0 Å². The first-order valence-corrected chi connectivity index (χ1v) is 5.96. The average molecular weight is 207 g/mol. The third-order valence-corrected chi connectivity index (χ3v) is 2.81. The van der Waals surface area contributed by atoms with Crippen molar-refractivity contribution >= 4 is 10.0 Å². The van der Waals surface area contributed by atoms with Gasteiger partial charge in [-0.3, -0.25) is 0 Å². The molecule has 0 aromatic heterocycles. The minimum absolute atomic E-state index is 0.0347. The molecule has 0 aromatic carbocycles. The number of sulfonamides is 1. The van der Waals surface area contributed by atoms with Crippen molar-refractivity contribution in [1.29, 1.82) is 0 Å². The topological polar surface area (TPSA) is 66.4 Å². The van der Waals surface area contributed by atoms with Gasteiger partial charge in [-0.2, -0.15) is 0 Å². The number of nitrogens with one attached hydrogen (secondary N) is 1. The van der Waals surface area contributed by atoms with Crippen LogP contribution in [0.3, 0.4) is 0 Å². The summed E-state index contributed by atoms with van der Waals surface area (Å²) < 4.78 is 24.5. The van der Waals surface area contributed by atoms with Crippen molar-refractivity contribution in [2.45, 2.75) is 19.3 Å². The van der Waals surface area contributed by atoms with Gasteiger partial charge in [0.2, 0.25) is 10.0 Å². The predicted octanol–water partition coefficient (Wildman–Crippen LogP) is 0.254. The largest absolute Gasteiger partial charge is 0.396 e. The molecule has 0 atom stereocenters. The second kappa shape index (κ2) is 7.06. The fourth-order valence-corrected chi connectivity index (χ4v) is 1.74. The van der Waals surface area contributed by atoms with Crippen LogP contribution in [0.25, 0.3) is 0 Å². The van der Waals surface area contributed by atoms with E-state index in [9.17, 15) is 8.42 Å². The molecule has 2 N–H and O–H groups in total. The maximum absolute atomic E-state index is 11.0. The lowest BCUT2D eigenvalue weighted by Gasteiger charge is -2.03. The van der Waals surface area contributed by atoms with Crippen molar-refractivity contribution in [2.24, 2.45) is 0 Å². The van der Waals surface area contributed by atoms with Gasteiger partial charge in [0, 0.05) is 13.2 Å². The highest BCUT2D eigenvalue weighted by Gasteiger charge is 2.04. The van der Waals surface area contributed by atoms with Gasteiger partial charge >= 0.3 is 0 Å². The minimum atomic E-state index is -3.15. The highest BCUT2D eigenvalue weighted by molar-refractivity contribution is 7.89. The first-order valence-electron chi connectivity index (χ1n) is 4.31. The van der Waals surface area contributed by atoms with Crippen LogP contribution in [0.15, 0.2) is 12.7 Å². The van der Waals surface area contributed by atoms with Gasteiger partial charge < -0.3 is 5.11 Å². The highest BCUT2D eigenvalue weighted by atomic mass is 32.2. The Morgan fingerprint density at radius 1 is 1.31 bits per heavy atom. The van der Waals surface area contributed by atoms with Gasteiger partial charge in [0.15, 0.2) is 0 Å². The van der Waals surface area contributed by atoms with E-state index in [2.05, 4.69) is 11.3 Å². The number of aliphatic hydroxyl groups is 1. The Kier molecular flexibility index (Phi) is 6.84. The Bertz CT molecular complexity index is 224. The van der Waals surface area contributed by atoms with Crippen LogP contribution in [0, 0.1) is 0 Å². The molecule has 13 heavy (non-hydrogen) atoms. The molecule has 4 nitrogen and oxygen atoms in total. The van der Waals surface area contributed by atoms with Gasteiger partial charge in [0.25, 0.3) is 0 Å². The number of aliphatic hydroxyl groups excluding tert-OH is 1. The van der Waals surface area contributed by atoms with Gasteiger partial charge in [-0.15, -0.1) is 6.58 Å². The van der Waals surface area contributed by atoms with Crippen molar-refractivity contribution in [1.82, 2.24) is 4.72 Å². The predicted molar refractivity (Wildman–Crippen MR) is 52.9 cm³/mol. The van der Waals surface area contributed by atoms with Crippen LogP contribution in [-0.2, 0) is 10.0 Å². The van der Waals surface area contributed by atoms with E-state index < -0.39 is 10.0 Å².